The maximum Gasteiger partial charge on any atom is 0.257 e. The third-order valence-electron chi connectivity index (χ3n) is 5.68. The third kappa shape index (κ3) is 4.42. The van der Waals surface area contributed by atoms with E-state index in [1.54, 1.807) is 19.5 Å². The van der Waals surface area contributed by atoms with Crippen molar-refractivity contribution < 1.29 is 9.53 Å². The van der Waals surface area contributed by atoms with E-state index in [1.165, 1.54) is 5.69 Å². The van der Waals surface area contributed by atoms with Gasteiger partial charge in [-0.25, -0.2) is 9.97 Å². The van der Waals surface area contributed by atoms with Crippen LogP contribution in [0.2, 0.25) is 0 Å². The zero-order valence-electron chi connectivity index (χ0n) is 17.1. The van der Waals surface area contributed by atoms with E-state index in [1.807, 2.05) is 17.0 Å². The molecule has 2 aliphatic heterocycles. The van der Waals surface area contributed by atoms with Gasteiger partial charge >= 0.3 is 0 Å². The highest BCUT2D eigenvalue weighted by Gasteiger charge is 2.23. The van der Waals surface area contributed by atoms with E-state index in [2.05, 4.69) is 43.8 Å². The van der Waals surface area contributed by atoms with Gasteiger partial charge in [0.2, 0.25) is 5.95 Å². The van der Waals surface area contributed by atoms with E-state index in [9.17, 15) is 4.79 Å². The molecule has 1 aromatic heterocycles. The fourth-order valence-corrected chi connectivity index (χ4v) is 3.74. The number of amides is 1. The molecule has 1 amide bonds. The molecule has 0 spiro atoms. The Morgan fingerprint density at radius 2 is 1.45 bits per heavy atom. The van der Waals surface area contributed by atoms with Crippen LogP contribution in [0.15, 0.2) is 36.7 Å². The first-order valence-corrected chi connectivity index (χ1v) is 10.1. The highest BCUT2D eigenvalue weighted by Crippen LogP contribution is 2.21. The maximum atomic E-state index is 12.6. The van der Waals surface area contributed by atoms with Crippen molar-refractivity contribution in [2.45, 2.75) is 0 Å². The van der Waals surface area contributed by atoms with Crippen LogP contribution in [-0.2, 0) is 0 Å². The molecule has 0 bridgehead atoms. The van der Waals surface area contributed by atoms with Crippen molar-refractivity contribution >= 4 is 17.5 Å². The molecular formula is C21H28N6O2. The summed E-state index contributed by atoms with van der Waals surface area (Å²) in [5.41, 5.74) is 1.76. The van der Waals surface area contributed by atoms with Gasteiger partial charge in [0.05, 0.1) is 12.7 Å². The minimum atomic E-state index is 0.0222. The lowest BCUT2D eigenvalue weighted by Crippen LogP contribution is -2.47. The number of hydrogen-bond acceptors (Lipinski definition) is 7. The molecule has 1 aromatic carbocycles. The van der Waals surface area contributed by atoms with Crippen LogP contribution in [0.1, 0.15) is 10.4 Å². The largest absolute Gasteiger partial charge is 0.497 e. The van der Waals surface area contributed by atoms with Gasteiger partial charge in [-0.05, 0) is 31.3 Å². The average Bonchev–Trinajstić information content (AvgIpc) is 2.79. The van der Waals surface area contributed by atoms with E-state index >= 15 is 0 Å². The molecule has 0 aliphatic carbocycles. The van der Waals surface area contributed by atoms with Crippen LogP contribution < -0.4 is 14.5 Å². The van der Waals surface area contributed by atoms with Crippen molar-refractivity contribution in [3.05, 3.63) is 42.2 Å². The predicted molar refractivity (Wildman–Crippen MR) is 113 cm³/mol. The molecule has 2 fully saturated rings. The number of carbonyl (C=O) groups excluding carboxylic acids is 1. The van der Waals surface area contributed by atoms with Gasteiger partial charge < -0.3 is 24.3 Å². The molecule has 29 heavy (non-hydrogen) atoms. The lowest BCUT2D eigenvalue weighted by Gasteiger charge is -2.36. The molecule has 0 saturated carbocycles. The number of carbonyl (C=O) groups is 1. The van der Waals surface area contributed by atoms with Crippen LogP contribution in [0.4, 0.5) is 11.6 Å². The molecule has 0 radical (unpaired) electrons. The summed E-state index contributed by atoms with van der Waals surface area (Å²) < 4.78 is 5.23. The summed E-state index contributed by atoms with van der Waals surface area (Å²) in [5, 5.41) is 0. The number of methoxy groups -OCH3 is 1. The van der Waals surface area contributed by atoms with Crippen LogP contribution >= 0.6 is 0 Å². The van der Waals surface area contributed by atoms with Gasteiger partial charge in [0.25, 0.3) is 5.91 Å². The average molecular weight is 396 g/mol. The van der Waals surface area contributed by atoms with E-state index in [4.69, 9.17) is 4.74 Å². The van der Waals surface area contributed by atoms with Gasteiger partial charge in [-0.2, -0.15) is 0 Å². The molecule has 4 rings (SSSR count). The van der Waals surface area contributed by atoms with E-state index < -0.39 is 0 Å². The minimum Gasteiger partial charge on any atom is -0.497 e. The summed E-state index contributed by atoms with van der Waals surface area (Å²) in [6, 6.07) is 8.15. The first-order chi connectivity index (χ1) is 14.1. The fourth-order valence-electron chi connectivity index (χ4n) is 3.74. The van der Waals surface area contributed by atoms with E-state index in [-0.39, 0.29) is 5.91 Å². The second kappa shape index (κ2) is 8.65. The van der Waals surface area contributed by atoms with E-state index in [0.29, 0.717) is 11.5 Å². The van der Waals surface area contributed by atoms with Crippen LogP contribution in [0.5, 0.6) is 5.75 Å². The first kappa shape index (κ1) is 19.4. The molecule has 0 unspecified atom stereocenters. The summed E-state index contributed by atoms with van der Waals surface area (Å²) >= 11 is 0. The van der Waals surface area contributed by atoms with E-state index in [0.717, 1.165) is 58.1 Å². The summed E-state index contributed by atoms with van der Waals surface area (Å²) in [6.45, 7) is 6.81. The SMILES string of the molecule is COc1ccc(N2CCN(c3ncc(C(=O)N4CCN(C)CC4)cn3)CC2)cc1. The molecule has 2 aromatic rings. The number of ether oxygens (including phenoxy) is 1. The summed E-state index contributed by atoms with van der Waals surface area (Å²) in [7, 11) is 3.76. The zero-order valence-corrected chi connectivity index (χ0v) is 17.1. The number of hydrogen-bond donors (Lipinski definition) is 0. The topological polar surface area (TPSA) is 65.0 Å². The number of rotatable bonds is 4. The first-order valence-electron chi connectivity index (χ1n) is 10.1. The molecule has 2 aliphatic rings. The van der Waals surface area contributed by atoms with Gasteiger partial charge in [-0.1, -0.05) is 0 Å². The Morgan fingerprint density at radius 1 is 0.862 bits per heavy atom. The van der Waals surface area contributed by atoms with Gasteiger partial charge in [-0.3, -0.25) is 4.79 Å². The van der Waals surface area contributed by atoms with Gasteiger partial charge in [-0.15, -0.1) is 0 Å². The summed E-state index contributed by atoms with van der Waals surface area (Å²) in [5.74, 6) is 1.58. The van der Waals surface area contributed by atoms with Crippen LogP contribution in [0.25, 0.3) is 0 Å². The Bertz CT molecular complexity index is 810. The van der Waals surface area contributed by atoms with Crippen molar-refractivity contribution in [2.75, 3.05) is 76.3 Å². The van der Waals surface area contributed by atoms with Crippen molar-refractivity contribution in [3.8, 4) is 5.75 Å². The van der Waals surface area contributed by atoms with Gasteiger partial charge in [0.1, 0.15) is 5.75 Å². The Balaban J connectivity index is 1.33. The third-order valence-corrected chi connectivity index (χ3v) is 5.68. The van der Waals surface area contributed by atoms with Crippen molar-refractivity contribution in [1.29, 1.82) is 0 Å². The highest BCUT2D eigenvalue weighted by atomic mass is 16.5. The Kier molecular flexibility index (Phi) is 5.80. The molecule has 0 N–H and O–H groups in total. The predicted octanol–water partition coefficient (Wildman–Crippen LogP) is 1.20. The fraction of sp³-hybridized carbons (Fsp3) is 0.476. The highest BCUT2D eigenvalue weighted by molar-refractivity contribution is 5.93. The quantitative estimate of drug-likeness (QED) is 0.769. The summed E-state index contributed by atoms with van der Waals surface area (Å²) in [4.78, 5) is 30.2. The lowest BCUT2D eigenvalue weighted by atomic mass is 10.2. The Hall–Kier alpha value is -2.87. The molecule has 0 atom stereocenters. The molecule has 8 heteroatoms. The van der Waals surface area contributed by atoms with Crippen molar-refractivity contribution in [2.24, 2.45) is 0 Å². The lowest BCUT2D eigenvalue weighted by molar-refractivity contribution is 0.0663. The number of anilines is 2. The smallest absolute Gasteiger partial charge is 0.257 e. The normalized spacial score (nSPS) is 18.1. The number of aromatic nitrogens is 2. The van der Waals surface area contributed by atoms with Gasteiger partial charge in [0, 0.05) is 70.4 Å². The second-order valence-electron chi connectivity index (χ2n) is 7.54. The molecule has 2 saturated heterocycles. The molecule has 154 valence electrons. The number of likely N-dealkylation sites (N-methyl/N-ethyl adjacent to an activating group) is 1. The van der Waals surface area contributed by atoms with Gasteiger partial charge in [0.15, 0.2) is 0 Å². The molecule has 3 heterocycles. The zero-order chi connectivity index (χ0) is 20.2. The Labute approximate surface area is 171 Å². The molecular weight excluding hydrogens is 368 g/mol. The molecule has 8 nitrogen and oxygen atoms in total. The van der Waals surface area contributed by atoms with Crippen molar-refractivity contribution in [1.82, 2.24) is 19.8 Å². The minimum absolute atomic E-state index is 0.0222. The number of nitrogens with zero attached hydrogens (tertiary/aromatic N) is 6. The van der Waals surface area contributed by atoms with Crippen LogP contribution in [-0.4, -0.2) is 92.2 Å². The number of piperazine rings is 2. The van der Waals surface area contributed by atoms with Crippen LogP contribution in [0, 0.1) is 0 Å². The monoisotopic (exact) mass is 396 g/mol. The maximum absolute atomic E-state index is 12.6. The Morgan fingerprint density at radius 3 is 2.03 bits per heavy atom. The van der Waals surface area contributed by atoms with Crippen molar-refractivity contribution in [3.63, 3.8) is 0 Å². The second-order valence-corrected chi connectivity index (χ2v) is 7.54. The standard InChI is InChI=1S/C21H28N6O2/c1-24-7-9-26(10-8-24)20(28)17-15-22-21(23-16-17)27-13-11-25(12-14-27)18-3-5-19(29-2)6-4-18/h3-6,15-16H,7-14H2,1-2H3. The summed E-state index contributed by atoms with van der Waals surface area (Å²) in [6.07, 6.45) is 3.33. The van der Waals surface area contributed by atoms with Crippen LogP contribution in [0.3, 0.4) is 0 Å². The number of benzene rings is 1.